The lowest BCUT2D eigenvalue weighted by molar-refractivity contribution is 1.03. The maximum absolute atomic E-state index is 11.8. The summed E-state index contributed by atoms with van der Waals surface area (Å²) in [6, 6.07) is 3.59. The monoisotopic (exact) mass is 202 g/mol. The van der Waals surface area contributed by atoms with Crippen LogP contribution in [-0.2, 0) is 6.42 Å². The first-order chi connectivity index (χ1) is 7.11. The summed E-state index contributed by atoms with van der Waals surface area (Å²) >= 11 is 0. The van der Waals surface area contributed by atoms with Gasteiger partial charge in [-0.15, -0.1) is 0 Å². The Labute approximate surface area is 88.2 Å². The Morgan fingerprint density at radius 3 is 2.73 bits per heavy atom. The van der Waals surface area contributed by atoms with Gasteiger partial charge >= 0.3 is 0 Å². The Hall–Kier alpha value is -1.64. The molecule has 1 N–H and O–H groups in total. The molecule has 2 heterocycles. The molecule has 0 aromatic carbocycles. The Kier molecular flexibility index (Phi) is 2.31. The van der Waals surface area contributed by atoms with E-state index in [4.69, 9.17) is 0 Å². The number of H-pyrrole nitrogens is 1. The van der Waals surface area contributed by atoms with Crippen molar-refractivity contribution in [1.29, 1.82) is 0 Å². The van der Waals surface area contributed by atoms with Gasteiger partial charge in [0.2, 0.25) is 0 Å². The van der Waals surface area contributed by atoms with Gasteiger partial charge in [-0.25, -0.2) is 4.98 Å². The molecular formula is C12H14N2O. The van der Waals surface area contributed by atoms with Crippen LogP contribution in [0.1, 0.15) is 23.9 Å². The number of rotatable bonds is 1. The minimum atomic E-state index is 0.0607. The van der Waals surface area contributed by atoms with E-state index in [-0.39, 0.29) is 5.43 Å². The van der Waals surface area contributed by atoms with Crippen molar-refractivity contribution in [3.63, 3.8) is 0 Å². The van der Waals surface area contributed by atoms with E-state index < -0.39 is 0 Å². The summed E-state index contributed by atoms with van der Waals surface area (Å²) in [5, 5.41) is 0.706. The Balaban J connectivity index is 2.91. The van der Waals surface area contributed by atoms with Crippen LogP contribution >= 0.6 is 0 Å². The van der Waals surface area contributed by atoms with E-state index in [1.807, 2.05) is 26.8 Å². The molecule has 0 aliphatic rings. The predicted octanol–water partition coefficient (Wildman–Crippen LogP) is 2.10. The van der Waals surface area contributed by atoms with Gasteiger partial charge < -0.3 is 4.98 Å². The van der Waals surface area contributed by atoms with E-state index in [1.54, 1.807) is 6.07 Å². The summed E-state index contributed by atoms with van der Waals surface area (Å²) in [5.41, 5.74) is 3.62. The highest BCUT2D eigenvalue weighted by atomic mass is 16.1. The quantitative estimate of drug-likeness (QED) is 0.769. The lowest BCUT2D eigenvalue weighted by atomic mass is 10.1. The minimum Gasteiger partial charge on any atom is -0.343 e. The van der Waals surface area contributed by atoms with Crippen LogP contribution < -0.4 is 5.43 Å². The third-order valence-corrected chi connectivity index (χ3v) is 2.56. The Morgan fingerprint density at radius 2 is 2.07 bits per heavy atom. The van der Waals surface area contributed by atoms with Crippen molar-refractivity contribution < 1.29 is 0 Å². The maximum Gasteiger partial charge on any atom is 0.191 e. The normalized spacial score (nSPS) is 10.9. The molecule has 0 amide bonds. The molecule has 2 aromatic rings. The van der Waals surface area contributed by atoms with Gasteiger partial charge in [0.25, 0.3) is 0 Å². The number of nitrogens with zero attached hydrogens (tertiary/aromatic N) is 1. The van der Waals surface area contributed by atoms with Gasteiger partial charge in [-0.1, -0.05) is 6.92 Å². The van der Waals surface area contributed by atoms with Crippen molar-refractivity contribution in [2.24, 2.45) is 0 Å². The van der Waals surface area contributed by atoms with Crippen molar-refractivity contribution in [3.8, 4) is 0 Å². The Morgan fingerprint density at radius 1 is 1.33 bits per heavy atom. The van der Waals surface area contributed by atoms with Crippen LogP contribution in [0.5, 0.6) is 0 Å². The summed E-state index contributed by atoms with van der Waals surface area (Å²) in [6.45, 7) is 5.89. The largest absolute Gasteiger partial charge is 0.343 e. The summed E-state index contributed by atoms with van der Waals surface area (Å²) < 4.78 is 0. The fourth-order valence-electron chi connectivity index (χ4n) is 1.85. The van der Waals surface area contributed by atoms with Crippen LogP contribution in [0.4, 0.5) is 0 Å². The minimum absolute atomic E-state index is 0.0607. The highest BCUT2D eigenvalue weighted by molar-refractivity contribution is 5.78. The molecular weight excluding hydrogens is 188 g/mol. The molecule has 2 rings (SSSR count). The van der Waals surface area contributed by atoms with Crippen LogP contribution in [0.15, 0.2) is 16.9 Å². The molecule has 0 aliphatic heterocycles. The molecule has 15 heavy (non-hydrogen) atoms. The van der Waals surface area contributed by atoms with Crippen molar-refractivity contribution in [3.05, 3.63) is 39.3 Å². The maximum atomic E-state index is 11.8. The molecule has 0 radical (unpaired) electrons. The zero-order valence-corrected chi connectivity index (χ0v) is 9.22. The first-order valence-corrected chi connectivity index (χ1v) is 5.12. The van der Waals surface area contributed by atoms with Gasteiger partial charge in [0.15, 0.2) is 5.43 Å². The number of pyridine rings is 2. The van der Waals surface area contributed by atoms with Gasteiger partial charge in [-0.2, -0.15) is 0 Å². The lowest BCUT2D eigenvalue weighted by Gasteiger charge is -2.04. The number of fused-ring (bicyclic) bond motifs is 1. The standard InChI is InChI=1S/C12H14N2O/c1-4-9-6-10(15)11-7(2)5-8(3)13-12(11)14-9/h5-6H,4H2,1-3H3,(H,13,14,15). The summed E-state index contributed by atoms with van der Waals surface area (Å²) in [6.07, 6.45) is 0.819. The van der Waals surface area contributed by atoms with E-state index in [1.165, 1.54) is 0 Å². The second-order valence-electron chi connectivity index (χ2n) is 3.82. The number of hydrogen-bond donors (Lipinski definition) is 1. The van der Waals surface area contributed by atoms with Gasteiger partial charge in [-0.05, 0) is 31.9 Å². The van der Waals surface area contributed by atoms with Gasteiger partial charge in [0, 0.05) is 17.5 Å². The molecule has 0 bridgehead atoms. The van der Waals surface area contributed by atoms with Crippen LogP contribution in [-0.4, -0.2) is 9.97 Å². The second-order valence-corrected chi connectivity index (χ2v) is 3.82. The smallest absolute Gasteiger partial charge is 0.191 e. The zero-order chi connectivity index (χ0) is 11.0. The molecule has 0 saturated carbocycles. The molecule has 0 saturated heterocycles. The fraction of sp³-hybridized carbons (Fsp3) is 0.333. The van der Waals surface area contributed by atoms with Crippen LogP contribution in [0.3, 0.4) is 0 Å². The Bertz CT molecular complexity index is 570. The molecule has 0 unspecified atom stereocenters. The van der Waals surface area contributed by atoms with Gasteiger partial charge in [-0.3, -0.25) is 4.79 Å². The molecule has 78 valence electrons. The van der Waals surface area contributed by atoms with Crippen molar-refractivity contribution in [2.45, 2.75) is 27.2 Å². The number of aromatic nitrogens is 2. The number of hydrogen-bond acceptors (Lipinski definition) is 2. The average Bonchev–Trinajstić information content (AvgIpc) is 2.15. The van der Waals surface area contributed by atoms with Crippen LogP contribution in [0.2, 0.25) is 0 Å². The van der Waals surface area contributed by atoms with E-state index >= 15 is 0 Å². The third kappa shape index (κ3) is 1.65. The van der Waals surface area contributed by atoms with E-state index in [0.29, 0.717) is 11.0 Å². The van der Waals surface area contributed by atoms with Crippen molar-refractivity contribution >= 4 is 11.0 Å². The first-order valence-electron chi connectivity index (χ1n) is 5.12. The van der Waals surface area contributed by atoms with E-state index in [9.17, 15) is 4.79 Å². The summed E-state index contributed by atoms with van der Waals surface area (Å²) in [5.74, 6) is 0. The first kappa shape index (κ1) is 9.90. The zero-order valence-electron chi connectivity index (χ0n) is 9.22. The number of aromatic amines is 1. The molecule has 3 heteroatoms. The predicted molar refractivity (Wildman–Crippen MR) is 61.2 cm³/mol. The van der Waals surface area contributed by atoms with E-state index in [2.05, 4.69) is 9.97 Å². The topological polar surface area (TPSA) is 45.8 Å². The second kappa shape index (κ2) is 3.50. The molecule has 0 fully saturated rings. The highest BCUT2D eigenvalue weighted by Gasteiger charge is 2.05. The van der Waals surface area contributed by atoms with Crippen LogP contribution in [0, 0.1) is 13.8 Å². The summed E-state index contributed by atoms with van der Waals surface area (Å²) in [4.78, 5) is 19.4. The highest BCUT2D eigenvalue weighted by Crippen LogP contribution is 2.12. The fourth-order valence-corrected chi connectivity index (χ4v) is 1.85. The molecule has 2 aromatic heterocycles. The molecule has 0 aliphatic carbocycles. The molecule has 3 nitrogen and oxygen atoms in total. The molecule has 0 atom stereocenters. The number of nitrogens with one attached hydrogen (secondary N) is 1. The molecule has 0 spiro atoms. The lowest BCUT2D eigenvalue weighted by Crippen LogP contribution is -2.08. The number of aryl methyl sites for hydroxylation is 3. The van der Waals surface area contributed by atoms with Gasteiger partial charge in [0.05, 0.1) is 5.39 Å². The van der Waals surface area contributed by atoms with Crippen molar-refractivity contribution in [1.82, 2.24) is 9.97 Å². The SMILES string of the molecule is CCc1cc(=O)c2c(C)cc(C)nc2[nH]1. The van der Waals surface area contributed by atoms with Gasteiger partial charge in [0.1, 0.15) is 5.65 Å². The van der Waals surface area contributed by atoms with E-state index in [0.717, 1.165) is 23.4 Å². The van der Waals surface area contributed by atoms with Crippen LogP contribution in [0.25, 0.3) is 11.0 Å². The van der Waals surface area contributed by atoms with Crippen molar-refractivity contribution in [2.75, 3.05) is 0 Å². The third-order valence-electron chi connectivity index (χ3n) is 2.56. The summed E-state index contributed by atoms with van der Waals surface area (Å²) in [7, 11) is 0. The average molecular weight is 202 g/mol.